The summed E-state index contributed by atoms with van der Waals surface area (Å²) < 4.78 is 22.0. The average molecular weight is 243 g/mol. The number of nitrogens with one attached hydrogen (secondary N) is 2. The van der Waals surface area contributed by atoms with Gasteiger partial charge in [-0.15, -0.1) is 0 Å². The molecule has 2 rings (SSSR count). The molecule has 16 heavy (non-hydrogen) atoms. The van der Waals surface area contributed by atoms with Gasteiger partial charge in [-0.05, 0) is 25.3 Å². The van der Waals surface area contributed by atoms with Crippen LogP contribution in [0.5, 0.6) is 0 Å². The number of nitrogens with two attached hydrogens (primary N) is 1. The van der Waals surface area contributed by atoms with Gasteiger partial charge in [-0.1, -0.05) is 0 Å². The molecule has 88 valence electrons. The third kappa shape index (κ3) is 2.25. The predicted octanol–water partition coefficient (Wildman–Crippen LogP) is -0.0556. The number of hydrogen-bond acceptors (Lipinski definition) is 3. The van der Waals surface area contributed by atoms with Crippen LogP contribution in [-0.2, 0) is 10.0 Å². The first-order valence-corrected chi connectivity index (χ1v) is 6.53. The zero-order chi connectivity index (χ0) is 11.8. The molecule has 1 aromatic rings. The van der Waals surface area contributed by atoms with E-state index in [1.54, 1.807) is 0 Å². The van der Waals surface area contributed by atoms with Crippen molar-refractivity contribution in [2.75, 3.05) is 0 Å². The quantitative estimate of drug-likeness (QED) is 0.692. The minimum absolute atomic E-state index is 0.0775. The largest absolute Gasteiger partial charge is 0.356 e. The maximum absolute atomic E-state index is 11.6. The third-order valence-electron chi connectivity index (χ3n) is 2.67. The number of amides is 1. The fourth-order valence-electron chi connectivity index (χ4n) is 1.49. The summed E-state index contributed by atoms with van der Waals surface area (Å²) >= 11 is 0. The lowest BCUT2D eigenvalue weighted by Crippen LogP contribution is -2.39. The van der Waals surface area contributed by atoms with Crippen LogP contribution in [-0.4, -0.2) is 25.4 Å². The van der Waals surface area contributed by atoms with E-state index in [1.165, 1.54) is 12.3 Å². The predicted molar refractivity (Wildman–Crippen MR) is 57.3 cm³/mol. The fourth-order valence-corrected chi connectivity index (χ4v) is 1.99. The minimum atomic E-state index is -3.75. The van der Waals surface area contributed by atoms with E-state index in [0.29, 0.717) is 0 Å². The average Bonchev–Trinajstić information content (AvgIpc) is 2.58. The zero-order valence-corrected chi connectivity index (χ0v) is 9.38. The lowest BCUT2D eigenvalue weighted by atomic mass is 9.93. The minimum Gasteiger partial charge on any atom is -0.356 e. The van der Waals surface area contributed by atoms with E-state index in [1.807, 2.05) is 0 Å². The number of carbonyl (C=O) groups is 1. The van der Waals surface area contributed by atoms with Crippen molar-refractivity contribution in [1.82, 2.24) is 10.3 Å². The molecule has 1 saturated carbocycles. The molecule has 0 atom stereocenters. The van der Waals surface area contributed by atoms with Crippen molar-refractivity contribution in [3.63, 3.8) is 0 Å². The summed E-state index contributed by atoms with van der Waals surface area (Å²) in [6, 6.07) is 1.46. The van der Waals surface area contributed by atoms with Gasteiger partial charge < -0.3 is 10.3 Å². The maximum Gasteiger partial charge on any atom is 0.267 e. The number of aromatic amines is 1. The summed E-state index contributed by atoms with van der Waals surface area (Å²) in [4.78, 5) is 14.1. The molecule has 1 amide bonds. The number of sulfonamides is 1. The summed E-state index contributed by atoms with van der Waals surface area (Å²) in [6.07, 6.45) is 4.30. The highest BCUT2D eigenvalue weighted by atomic mass is 32.2. The summed E-state index contributed by atoms with van der Waals surface area (Å²) in [5.41, 5.74) is 0.218. The third-order valence-corrected chi connectivity index (χ3v) is 3.56. The Kier molecular flexibility index (Phi) is 2.73. The van der Waals surface area contributed by atoms with Crippen molar-refractivity contribution >= 4 is 15.9 Å². The Hall–Kier alpha value is -1.34. The van der Waals surface area contributed by atoms with Crippen LogP contribution >= 0.6 is 0 Å². The SMILES string of the molecule is NS(=O)(=O)c1c[nH]c(C(=O)NC2CCC2)c1. The van der Waals surface area contributed by atoms with E-state index in [-0.39, 0.29) is 22.5 Å². The fraction of sp³-hybridized carbons (Fsp3) is 0.444. The number of hydrogen-bond donors (Lipinski definition) is 3. The number of rotatable bonds is 3. The molecular weight excluding hydrogens is 230 g/mol. The Labute approximate surface area is 93.3 Å². The van der Waals surface area contributed by atoms with Gasteiger partial charge in [-0.3, -0.25) is 4.79 Å². The topological polar surface area (TPSA) is 105 Å². The summed E-state index contributed by atoms with van der Waals surface area (Å²) in [5.74, 6) is -0.292. The molecule has 1 aliphatic carbocycles. The van der Waals surface area contributed by atoms with Crippen molar-refractivity contribution in [2.45, 2.75) is 30.2 Å². The highest BCUT2D eigenvalue weighted by Crippen LogP contribution is 2.18. The number of H-pyrrole nitrogens is 1. The van der Waals surface area contributed by atoms with Crippen LogP contribution in [0.15, 0.2) is 17.2 Å². The Morgan fingerprint density at radius 2 is 2.19 bits per heavy atom. The van der Waals surface area contributed by atoms with E-state index in [9.17, 15) is 13.2 Å². The van der Waals surface area contributed by atoms with Gasteiger partial charge in [0.05, 0.1) is 4.90 Å². The molecule has 0 aromatic carbocycles. The molecule has 0 spiro atoms. The second-order valence-corrected chi connectivity index (χ2v) is 5.46. The van der Waals surface area contributed by atoms with Crippen molar-refractivity contribution in [2.24, 2.45) is 5.14 Å². The normalized spacial score (nSPS) is 16.8. The molecule has 1 heterocycles. The van der Waals surface area contributed by atoms with Gasteiger partial charge in [0.1, 0.15) is 5.69 Å². The Bertz CT molecular complexity index is 502. The number of carbonyl (C=O) groups excluding carboxylic acids is 1. The first-order chi connectivity index (χ1) is 7.47. The van der Waals surface area contributed by atoms with Gasteiger partial charge in [-0.2, -0.15) is 0 Å². The lowest BCUT2D eigenvalue weighted by Gasteiger charge is -2.25. The molecule has 1 fully saturated rings. The van der Waals surface area contributed by atoms with Crippen LogP contribution in [0, 0.1) is 0 Å². The van der Waals surface area contributed by atoms with Gasteiger partial charge in [0.25, 0.3) is 5.91 Å². The first kappa shape index (κ1) is 11.2. The van der Waals surface area contributed by atoms with E-state index in [0.717, 1.165) is 19.3 Å². The molecule has 0 unspecified atom stereocenters. The molecule has 6 nitrogen and oxygen atoms in total. The van der Waals surface area contributed by atoms with E-state index < -0.39 is 10.0 Å². The van der Waals surface area contributed by atoms with Crippen molar-refractivity contribution in [3.8, 4) is 0 Å². The molecule has 0 saturated heterocycles. The molecule has 7 heteroatoms. The second-order valence-electron chi connectivity index (χ2n) is 3.90. The molecular formula is C9H13N3O3S. The van der Waals surface area contributed by atoms with Gasteiger partial charge in [0.2, 0.25) is 10.0 Å². The van der Waals surface area contributed by atoms with Crippen molar-refractivity contribution in [1.29, 1.82) is 0 Å². The van der Waals surface area contributed by atoms with E-state index in [4.69, 9.17) is 5.14 Å². The molecule has 4 N–H and O–H groups in total. The van der Waals surface area contributed by atoms with Gasteiger partial charge in [0, 0.05) is 12.2 Å². The number of primary sulfonamides is 1. The van der Waals surface area contributed by atoms with E-state index >= 15 is 0 Å². The first-order valence-electron chi connectivity index (χ1n) is 4.99. The Morgan fingerprint density at radius 1 is 1.50 bits per heavy atom. The van der Waals surface area contributed by atoms with Crippen LogP contribution < -0.4 is 10.5 Å². The molecule has 0 radical (unpaired) electrons. The van der Waals surface area contributed by atoms with Crippen LogP contribution in [0.25, 0.3) is 0 Å². The summed E-state index contributed by atoms with van der Waals surface area (Å²) in [6.45, 7) is 0. The molecule has 1 aromatic heterocycles. The molecule has 0 bridgehead atoms. The smallest absolute Gasteiger partial charge is 0.267 e. The molecule has 0 aliphatic heterocycles. The highest BCUT2D eigenvalue weighted by Gasteiger charge is 2.21. The van der Waals surface area contributed by atoms with E-state index in [2.05, 4.69) is 10.3 Å². The monoisotopic (exact) mass is 243 g/mol. The maximum atomic E-state index is 11.6. The van der Waals surface area contributed by atoms with Crippen LogP contribution in [0.4, 0.5) is 0 Å². The lowest BCUT2D eigenvalue weighted by molar-refractivity contribution is 0.0912. The number of aromatic nitrogens is 1. The van der Waals surface area contributed by atoms with Crippen molar-refractivity contribution < 1.29 is 13.2 Å². The van der Waals surface area contributed by atoms with Crippen molar-refractivity contribution in [3.05, 3.63) is 18.0 Å². The standard InChI is InChI=1S/C9H13N3O3S/c10-16(14,15)7-4-8(11-5-7)9(13)12-6-2-1-3-6/h4-6,11H,1-3H2,(H,12,13)(H2,10,14,15). The summed E-state index contributed by atoms with van der Waals surface area (Å²) in [7, 11) is -3.75. The Balaban J connectivity index is 2.09. The Morgan fingerprint density at radius 3 is 2.62 bits per heavy atom. The summed E-state index contributed by atoms with van der Waals surface area (Å²) in [5, 5.41) is 7.72. The highest BCUT2D eigenvalue weighted by molar-refractivity contribution is 7.89. The van der Waals surface area contributed by atoms with Gasteiger partial charge in [0.15, 0.2) is 0 Å². The van der Waals surface area contributed by atoms with Crippen LogP contribution in [0.3, 0.4) is 0 Å². The van der Waals surface area contributed by atoms with Gasteiger partial charge in [-0.25, -0.2) is 13.6 Å². The second kappa shape index (κ2) is 3.91. The van der Waals surface area contributed by atoms with Crippen LogP contribution in [0.1, 0.15) is 29.8 Å². The molecule has 1 aliphatic rings. The van der Waals surface area contributed by atoms with Gasteiger partial charge >= 0.3 is 0 Å². The van der Waals surface area contributed by atoms with Crippen LogP contribution in [0.2, 0.25) is 0 Å². The zero-order valence-electron chi connectivity index (χ0n) is 8.56.